The van der Waals surface area contributed by atoms with E-state index in [1.807, 2.05) is 22.9 Å². The number of aryl methyl sites for hydroxylation is 2. The fraction of sp³-hybridized carbons (Fsp3) is 0.476. The molecule has 0 aliphatic carbocycles. The van der Waals surface area contributed by atoms with Crippen LogP contribution < -0.4 is 0 Å². The van der Waals surface area contributed by atoms with Gasteiger partial charge in [-0.2, -0.15) is 0 Å². The van der Waals surface area contributed by atoms with Gasteiger partial charge in [-0.1, -0.05) is 37.8 Å². The predicted molar refractivity (Wildman–Crippen MR) is 111 cm³/mol. The molecule has 0 saturated carbocycles. The van der Waals surface area contributed by atoms with Crippen LogP contribution in [0.3, 0.4) is 0 Å². The van der Waals surface area contributed by atoms with Crippen LogP contribution in [0, 0.1) is 0 Å². The van der Waals surface area contributed by atoms with Crippen LogP contribution in [0.25, 0.3) is 10.9 Å². The zero-order valence-electron chi connectivity index (χ0n) is 16.5. The van der Waals surface area contributed by atoms with Crippen LogP contribution in [0.5, 0.6) is 0 Å². The van der Waals surface area contributed by atoms with Crippen molar-refractivity contribution in [3.63, 3.8) is 0 Å². The summed E-state index contributed by atoms with van der Waals surface area (Å²) in [6.07, 6.45) is 5.15. The van der Waals surface area contributed by atoms with Crippen molar-refractivity contribution < 1.29 is 9.84 Å². The van der Waals surface area contributed by atoms with E-state index in [4.69, 9.17) is 4.74 Å². The van der Waals surface area contributed by atoms with Crippen molar-refractivity contribution in [2.75, 3.05) is 6.61 Å². The molecule has 0 spiro atoms. The average molecular weight is 384 g/mol. The summed E-state index contributed by atoms with van der Waals surface area (Å²) in [6, 6.07) is 9.56. The standard InChI is InChI=1S/C21H29N3O2Si/c1-27(2,3)13-12-26-15-23-11-9-22-21(23)20(25)18-8-4-6-16-14-17-7-5-10-24(17)19(16)18/h4,6,8-9,11,14,20,25H,5,7,10,12-13,15H2,1-3H3. The van der Waals surface area contributed by atoms with Gasteiger partial charge in [0.15, 0.2) is 0 Å². The molecule has 0 bridgehead atoms. The van der Waals surface area contributed by atoms with Crippen molar-refractivity contribution in [1.82, 2.24) is 14.1 Å². The van der Waals surface area contributed by atoms with Gasteiger partial charge in [0.25, 0.3) is 0 Å². The van der Waals surface area contributed by atoms with Gasteiger partial charge < -0.3 is 19.0 Å². The molecule has 3 heterocycles. The lowest BCUT2D eigenvalue weighted by Crippen LogP contribution is -2.22. The van der Waals surface area contributed by atoms with Crippen LogP contribution in [0.2, 0.25) is 25.7 Å². The molecule has 0 radical (unpaired) electrons. The Kier molecular flexibility index (Phi) is 4.97. The van der Waals surface area contributed by atoms with E-state index in [2.05, 4.69) is 41.3 Å². The molecule has 144 valence electrons. The van der Waals surface area contributed by atoms with Gasteiger partial charge in [0.2, 0.25) is 0 Å². The zero-order valence-corrected chi connectivity index (χ0v) is 17.5. The highest BCUT2D eigenvalue weighted by Gasteiger charge is 2.23. The van der Waals surface area contributed by atoms with E-state index >= 15 is 0 Å². The summed E-state index contributed by atoms with van der Waals surface area (Å²) in [6.45, 7) is 9.25. The molecule has 1 N–H and O–H groups in total. The van der Waals surface area contributed by atoms with Gasteiger partial charge in [0.1, 0.15) is 18.7 Å². The minimum absolute atomic E-state index is 0.430. The second kappa shape index (κ2) is 7.26. The van der Waals surface area contributed by atoms with Gasteiger partial charge in [-0.15, -0.1) is 0 Å². The van der Waals surface area contributed by atoms with Crippen LogP contribution >= 0.6 is 0 Å². The molecule has 1 unspecified atom stereocenters. The number of hydrogen-bond donors (Lipinski definition) is 1. The molecule has 27 heavy (non-hydrogen) atoms. The number of nitrogens with zero attached hydrogens (tertiary/aromatic N) is 3. The Labute approximate surface area is 161 Å². The number of benzene rings is 1. The van der Waals surface area contributed by atoms with Gasteiger partial charge in [0, 0.05) is 50.3 Å². The summed E-state index contributed by atoms with van der Waals surface area (Å²) in [5.41, 5.74) is 3.43. The Morgan fingerprint density at radius 2 is 2.15 bits per heavy atom. The molecule has 4 rings (SSSR count). The summed E-state index contributed by atoms with van der Waals surface area (Å²) in [4.78, 5) is 4.44. The van der Waals surface area contributed by atoms with Crippen molar-refractivity contribution in [1.29, 1.82) is 0 Å². The molecular formula is C21H29N3O2Si. The molecule has 3 aromatic rings. The molecule has 1 aliphatic rings. The van der Waals surface area contributed by atoms with Crippen molar-refractivity contribution >= 4 is 19.0 Å². The predicted octanol–water partition coefficient (Wildman–Crippen LogP) is 4.18. The lowest BCUT2D eigenvalue weighted by molar-refractivity contribution is 0.0787. The van der Waals surface area contributed by atoms with Crippen LogP contribution in [0.4, 0.5) is 0 Å². The third kappa shape index (κ3) is 3.74. The minimum atomic E-state index is -1.10. The van der Waals surface area contributed by atoms with Crippen molar-refractivity contribution in [2.45, 2.75) is 57.9 Å². The monoisotopic (exact) mass is 383 g/mol. The van der Waals surface area contributed by atoms with Crippen LogP contribution in [-0.2, 0) is 24.4 Å². The van der Waals surface area contributed by atoms with Crippen LogP contribution in [-0.4, -0.2) is 33.9 Å². The van der Waals surface area contributed by atoms with Crippen LogP contribution in [0.1, 0.15) is 29.6 Å². The molecule has 6 heteroatoms. The molecule has 0 saturated heterocycles. The lowest BCUT2D eigenvalue weighted by Gasteiger charge is -2.18. The first-order valence-corrected chi connectivity index (χ1v) is 13.5. The van der Waals surface area contributed by atoms with E-state index in [-0.39, 0.29) is 0 Å². The van der Waals surface area contributed by atoms with Crippen LogP contribution in [0.15, 0.2) is 36.7 Å². The maximum Gasteiger partial charge on any atom is 0.144 e. The summed E-state index contributed by atoms with van der Waals surface area (Å²) < 4.78 is 10.1. The highest BCUT2D eigenvalue weighted by Crippen LogP contribution is 2.33. The fourth-order valence-electron chi connectivity index (χ4n) is 3.87. The fourth-order valence-corrected chi connectivity index (χ4v) is 4.63. The molecule has 1 aliphatic heterocycles. The Morgan fingerprint density at radius 1 is 1.30 bits per heavy atom. The minimum Gasteiger partial charge on any atom is -0.380 e. The quantitative estimate of drug-likeness (QED) is 0.492. The Bertz CT molecular complexity index is 939. The molecule has 2 aromatic heterocycles. The highest BCUT2D eigenvalue weighted by molar-refractivity contribution is 6.76. The number of fused-ring (bicyclic) bond motifs is 3. The first-order chi connectivity index (χ1) is 12.9. The molecule has 1 aromatic carbocycles. The molecule has 5 nitrogen and oxygen atoms in total. The summed E-state index contributed by atoms with van der Waals surface area (Å²) >= 11 is 0. The normalized spacial score (nSPS) is 15.4. The molecule has 0 fully saturated rings. The van der Waals surface area contributed by atoms with Gasteiger partial charge in [0.05, 0.1) is 5.52 Å². The Balaban J connectivity index is 1.57. The van der Waals surface area contributed by atoms with Crippen molar-refractivity contribution in [3.8, 4) is 0 Å². The topological polar surface area (TPSA) is 52.2 Å². The van der Waals surface area contributed by atoms with E-state index in [9.17, 15) is 5.11 Å². The number of rotatable bonds is 7. The number of imidazole rings is 1. The zero-order chi connectivity index (χ0) is 19.0. The number of aliphatic hydroxyl groups excluding tert-OH is 1. The third-order valence-electron chi connectivity index (χ3n) is 5.37. The molecule has 0 amide bonds. The Morgan fingerprint density at radius 3 is 2.96 bits per heavy atom. The van der Waals surface area contributed by atoms with E-state index < -0.39 is 14.2 Å². The SMILES string of the molecule is C[Si](C)(C)CCOCn1ccnc1C(O)c1cccc2cc3n(c12)CCC3. The Hall–Kier alpha value is -1.89. The van der Waals surface area contributed by atoms with Crippen molar-refractivity contribution in [2.24, 2.45) is 0 Å². The van der Waals surface area contributed by atoms with E-state index in [0.29, 0.717) is 12.6 Å². The lowest BCUT2D eigenvalue weighted by atomic mass is 10.1. The van der Waals surface area contributed by atoms with Gasteiger partial charge >= 0.3 is 0 Å². The number of aliphatic hydroxyl groups is 1. The number of para-hydroxylation sites is 1. The van der Waals surface area contributed by atoms with Gasteiger partial charge in [-0.3, -0.25) is 0 Å². The van der Waals surface area contributed by atoms with Gasteiger partial charge in [-0.05, 0) is 25.0 Å². The highest BCUT2D eigenvalue weighted by atomic mass is 28.3. The summed E-state index contributed by atoms with van der Waals surface area (Å²) in [5, 5.41) is 12.3. The molecular weight excluding hydrogens is 354 g/mol. The molecule has 1 atom stereocenters. The summed E-state index contributed by atoms with van der Waals surface area (Å²) in [7, 11) is -1.10. The third-order valence-corrected chi connectivity index (χ3v) is 7.07. The second-order valence-electron chi connectivity index (χ2n) is 8.68. The van der Waals surface area contributed by atoms with E-state index in [0.717, 1.165) is 36.7 Å². The number of ether oxygens (including phenoxy) is 1. The second-order valence-corrected chi connectivity index (χ2v) is 14.3. The number of aromatic nitrogens is 3. The maximum atomic E-state index is 11.1. The number of hydrogen-bond acceptors (Lipinski definition) is 3. The first kappa shape index (κ1) is 18.5. The first-order valence-electron chi connectivity index (χ1n) is 9.82. The maximum absolute atomic E-state index is 11.1. The van der Waals surface area contributed by atoms with E-state index in [1.54, 1.807) is 6.20 Å². The van der Waals surface area contributed by atoms with E-state index in [1.165, 1.54) is 17.5 Å². The average Bonchev–Trinajstić information content (AvgIpc) is 3.32. The van der Waals surface area contributed by atoms with Crippen molar-refractivity contribution in [3.05, 3.63) is 53.7 Å². The van der Waals surface area contributed by atoms with Gasteiger partial charge in [-0.25, -0.2) is 4.98 Å². The largest absolute Gasteiger partial charge is 0.380 e. The smallest absolute Gasteiger partial charge is 0.144 e. The summed E-state index contributed by atoms with van der Waals surface area (Å²) in [5.74, 6) is 0.643.